The lowest BCUT2D eigenvalue weighted by Gasteiger charge is -2.26. The van der Waals surface area contributed by atoms with Gasteiger partial charge >= 0.3 is 0 Å². The first-order valence-corrected chi connectivity index (χ1v) is 30.3. The van der Waals surface area contributed by atoms with Gasteiger partial charge in [0, 0.05) is 6.42 Å². The Morgan fingerprint density at radius 1 is 0.373 bits per heavy atom. The van der Waals surface area contributed by atoms with E-state index >= 15 is 0 Å². The number of carbonyl (C=O) groups is 1. The normalized spacial score (nSPS) is 13.4. The van der Waals surface area contributed by atoms with Crippen LogP contribution in [0.15, 0.2) is 36.5 Å². The summed E-state index contributed by atoms with van der Waals surface area (Å²) in [6.07, 6.45) is 74.7. The molecule has 0 spiro atoms. The molecule has 1 amide bonds. The van der Waals surface area contributed by atoms with Crippen molar-refractivity contribution in [3.05, 3.63) is 36.5 Å². The van der Waals surface area contributed by atoms with Crippen molar-refractivity contribution in [2.75, 3.05) is 6.61 Å². The minimum Gasteiger partial charge on any atom is -0.394 e. The van der Waals surface area contributed by atoms with Gasteiger partial charge in [-0.2, -0.15) is 0 Å². The number of allylic oxidation sites excluding steroid dienone is 6. The van der Waals surface area contributed by atoms with Crippen molar-refractivity contribution >= 4 is 5.91 Å². The summed E-state index contributed by atoms with van der Waals surface area (Å²) < 4.78 is 0. The highest BCUT2D eigenvalue weighted by Gasteiger charge is 2.26. The zero-order valence-corrected chi connectivity index (χ0v) is 45.3. The van der Waals surface area contributed by atoms with E-state index in [1.165, 1.54) is 257 Å². The Morgan fingerprint density at radius 3 is 0.955 bits per heavy atom. The summed E-state index contributed by atoms with van der Waals surface area (Å²) in [6.45, 7) is 4.20. The summed E-state index contributed by atoms with van der Waals surface area (Å²) >= 11 is 0. The fourth-order valence-electron chi connectivity index (χ4n) is 9.55. The monoisotopic (exact) mass is 942 g/mol. The van der Waals surface area contributed by atoms with E-state index in [0.717, 1.165) is 44.9 Å². The standard InChI is InChI=1S/C62H119NO4/c1-3-5-7-9-11-13-15-17-19-21-23-24-25-26-27-28-29-30-31-32-33-34-35-36-37-38-39-41-43-45-47-49-51-53-55-57-61(66)63-59(58-64)62(67)60(65)56-54-52-50-48-46-44-42-40-22-20-18-16-14-12-10-8-6-4-2/h25-26,28-29,48,50,59-60,62,64-65,67H,3-24,27,30-47,49,51-58H2,1-2H3,(H,63,66)/b26-25-,29-28-,50-48+. The Hall–Kier alpha value is -1.43. The van der Waals surface area contributed by atoms with Gasteiger partial charge < -0.3 is 20.6 Å². The molecule has 0 bridgehead atoms. The fourth-order valence-corrected chi connectivity index (χ4v) is 9.55. The number of aliphatic hydroxyl groups is 3. The van der Waals surface area contributed by atoms with Gasteiger partial charge in [-0.15, -0.1) is 0 Å². The second-order valence-electron chi connectivity index (χ2n) is 20.9. The van der Waals surface area contributed by atoms with E-state index in [1.54, 1.807) is 0 Å². The first-order chi connectivity index (χ1) is 33.1. The number of amides is 1. The second kappa shape index (κ2) is 57.2. The molecule has 0 saturated carbocycles. The van der Waals surface area contributed by atoms with E-state index < -0.39 is 18.2 Å². The molecule has 3 unspecified atom stereocenters. The molecule has 0 aromatic carbocycles. The molecule has 5 heteroatoms. The lowest BCUT2D eigenvalue weighted by molar-refractivity contribution is -0.124. The topological polar surface area (TPSA) is 89.8 Å². The molecule has 67 heavy (non-hydrogen) atoms. The van der Waals surface area contributed by atoms with Crippen molar-refractivity contribution in [1.29, 1.82) is 0 Å². The molecule has 0 aliphatic rings. The SMILES string of the molecule is CCCCCCCCCCCCC/C=C\C/C=C\CCCCCCCCCCCCCCCCCCCC(=O)NC(CO)C(O)C(O)CCC/C=C/CCCCCCCCCCCCCCC. The van der Waals surface area contributed by atoms with Crippen LogP contribution < -0.4 is 5.32 Å². The van der Waals surface area contributed by atoms with Crippen LogP contribution in [0.5, 0.6) is 0 Å². The highest BCUT2D eigenvalue weighted by molar-refractivity contribution is 5.76. The fraction of sp³-hybridized carbons (Fsp3) is 0.887. The Labute approximate surface area is 419 Å². The van der Waals surface area contributed by atoms with Gasteiger partial charge in [0.1, 0.15) is 6.10 Å². The highest BCUT2D eigenvalue weighted by atomic mass is 16.3. The number of nitrogens with one attached hydrogen (secondary N) is 1. The molecule has 0 aliphatic heterocycles. The first kappa shape index (κ1) is 65.6. The molecule has 4 N–H and O–H groups in total. The summed E-state index contributed by atoms with van der Waals surface area (Å²) in [4.78, 5) is 12.5. The van der Waals surface area contributed by atoms with Crippen LogP contribution in [0.3, 0.4) is 0 Å². The van der Waals surface area contributed by atoms with Crippen LogP contribution in [0.25, 0.3) is 0 Å². The molecule has 3 atom stereocenters. The molecule has 396 valence electrons. The van der Waals surface area contributed by atoms with Crippen LogP contribution in [0.2, 0.25) is 0 Å². The lowest BCUT2D eigenvalue weighted by Crippen LogP contribution is -2.50. The maximum atomic E-state index is 12.5. The van der Waals surface area contributed by atoms with Crippen LogP contribution in [0.4, 0.5) is 0 Å². The Morgan fingerprint density at radius 2 is 0.642 bits per heavy atom. The van der Waals surface area contributed by atoms with E-state index in [2.05, 4.69) is 55.6 Å². The van der Waals surface area contributed by atoms with Gasteiger partial charge in [-0.05, 0) is 70.6 Å². The van der Waals surface area contributed by atoms with Gasteiger partial charge in [-0.3, -0.25) is 4.79 Å². The predicted molar refractivity (Wildman–Crippen MR) is 296 cm³/mol. The summed E-state index contributed by atoms with van der Waals surface area (Å²) in [7, 11) is 0. The summed E-state index contributed by atoms with van der Waals surface area (Å²) in [5.41, 5.74) is 0. The minimum atomic E-state index is -1.16. The smallest absolute Gasteiger partial charge is 0.220 e. The second-order valence-corrected chi connectivity index (χ2v) is 20.9. The number of hydrogen-bond donors (Lipinski definition) is 4. The first-order valence-electron chi connectivity index (χ1n) is 30.3. The van der Waals surface area contributed by atoms with Crippen LogP contribution in [-0.2, 0) is 4.79 Å². The van der Waals surface area contributed by atoms with Crippen molar-refractivity contribution < 1.29 is 20.1 Å². The third-order valence-corrected chi connectivity index (χ3v) is 14.2. The van der Waals surface area contributed by atoms with Gasteiger partial charge in [-0.1, -0.05) is 288 Å². The summed E-state index contributed by atoms with van der Waals surface area (Å²) in [6, 6.07) is -0.826. The average molecular weight is 943 g/mol. The van der Waals surface area contributed by atoms with E-state index in [0.29, 0.717) is 12.8 Å². The zero-order valence-electron chi connectivity index (χ0n) is 45.3. The predicted octanol–water partition coefficient (Wildman–Crippen LogP) is 19.0. The number of carbonyl (C=O) groups excluding carboxylic acids is 1. The average Bonchev–Trinajstić information content (AvgIpc) is 3.33. The van der Waals surface area contributed by atoms with E-state index in [9.17, 15) is 20.1 Å². The zero-order chi connectivity index (χ0) is 48.6. The van der Waals surface area contributed by atoms with Crippen molar-refractivity contribution in [1.82, 2.24) is 5.32 Å². The Balaban J connectivity index is 3.51. The number of rotatable bonds is 56. The van der Waals surface area contributed by atoms with Crippen LogP contribution in [-0.4, -0.2) is 46.1 Å². The van der Waals surface area contributed by atoms with E-state index in [4.69, 9.17) is 0 Å². The molecule has 0 aliphatic carbocycles. The number of unbranched alkanes of at least 4 members (excludes halogenated alkanes) is 42. The van der Waals surface area contributed by atoms with E-state index in [-0.39, 0.29) is 12.5 Å². The van der Waals surface area contributed by atoms with Crippen molar-refractivity contribution in [3.8, 4) is 0 Å². The quantitative estimate of drug-likeness (QED) is 0.0361. The summed E-state index contributed by atoms with van der Waals surface area (Å²) in [5, 5.41) is 33.7. The maximum absolute atomic E-state index is 12.5. The highest BCUT2D eigenvalue weighted by Crippen LogP contribution is 2.18. The van der Waals surface area contributed by atoms with E-state index in [1.807, 2.05) is 0 Å². The van der Waals surface area contributed by atoms with Gasteiger partial charge in [0.25, 0.3) is 0 Å². The Bertz CT molecular complexity index is 1040. The van der Waals surface area contributed by atoms with Crippen molar-refractivity contribution in [2.45, 2.75) is 347 Å². The number of hydrogen-bond acceptors (Lipinski definition) is 4. The third-order valence-electron chi connectivity index (χ3n) is 14.2. The van der Waals surface area contributed by atoms with Crippen LogP contribution >= 0.6 is 0 Å². The third kappa shape index (κ3) is 52.2. The minimum absolute atomic E-state index is 0.150. The molecule has 0 fully saturated rings. The van der Waals surface area contributed by atoms with Crippen molar-refractivity contribution in [2.24, 2.45) is 0 Å². The maximum Gasteiger partial charge on any atom is 0.220 e. The lowest BCUT2D eigenvalue weighted by atomic mass is 10.0. The molecule has 0 rings (SSSR count). The molecule has 5 nitrogen and oxygen atoms in total. The molecular formula is C62H119NO4. The largest absolute Gasteiger partial charge is 0.394 e. The molecular weight excluding hydrogens is 823 g/mol. The molecule has 0 saturated heterocycles. The van der Waals surface area contributed by atoms with Crippen LogP contribution in [0.1, 0.15) is 328 Å². The van der Waals surface area contributed by atoms with Crippen LogP contribution in [0, 0.1) is 0 Å². The Kier molecular flexibility index (Phi) is 55.9. The van der Waals surface area contributed by atoms with Gasteiger partial charge in [0.15, 0.2) is 0 Å². The molecule has 0 heterocycles. The van der Waals surface area contributed by atoms with Gasteiger partial charge in [0.05, 0.1) is 18.8 Å². The number of aliphatic hydroxyl groups excluding tert-OH is 3. The molecule has 0 aromatic rings. The van der Waals surface area contributed by atoms with Gasteiger partial charge in [0.2, 0.25) is 5.91 Å². The van der Waals surface area contributed by atoms with Crippen molar-refractivity contribution in [3.63, 3.8) is 0 Å². The molecule has 0 aromatic heterocycles. The molecule has 0 radical (unpaired) electrons. The summed E-state index contributed by atoms with van der Waals surface area (Å²) in [5.74, 6) is -0.150. The van der Waals surface area contributed by atoms with Gasteiger partial charge in [-0.25, -0.2) is 0 Å².